The number of carbonyl (C=O) groups excluding carboxylic acids is 1. The van der Waals surface area contributed by atoms with Gasteiger partial charge in [0.15, 0.2) is 0 Å². The molecule has 0 radical (unpaired) electrons. The Morgan fingerprint density at radius 2 is 1.79 bits per heavy atom. The van der Waals surface area contributed by atoms with Crippen LogP contribution < -0.4 is 5.32 Å². The van der Waals surface area contributed by atoms with Crippen LogP contribution in [0.5, 0.6) is 0 Å². The highest BCUT2D eigenvalue weighted by atomic mass is 16.4. The Labute approximate surface area is 111 Å². The van der Waals surface area contributed by atoms with Gasteiger partial charge >= 0.3 is 18.0 Å². The van der Waals surface area contributed by atoms with Crippen molar-refractivity contribution in [3.8, 4) is 0 Å². The van der Waals surface area contributed by atoms with Gasteiger partial charge in [0.1, 0.15) is 6.04 Å². The minimum Gasteiger partial charge on any atom is -0.481 e. The average Bonchev–Trinajstić information content (AvgIpc) is 2.37. The lowest BCUT2D eigenvalue weighted by atomic mass is 9.95. The molecule has 3 N–H and O–H groups in total. The second-order valence-electron chi connectivity index (χ2n) is 4.84. The average molecular weight is 272 g/mol. The Morgan fingerprint density at radius 1 is 1.21 bits per heavy atom. The van der Waals surface area contributed by atoms with E-state index in [0.29, 0.717) is 0 Å². The van der Waals surface area contributed by atoms with E-state index in [9.17, 15) is 14.4 Å². The van der Waals surface area contributed by atoms with Gasteiger partial charge in [-0.15, -0.1) is 0 Å². The van der Waals surface area contributed by atoms with Crippen LogP contribution in [0, 0.1) is 0 Å². The molecule has 0 heterocycles. The van der Waals surface area contributed by atoms with Crippen molar-refractivity contribution in [1.82, 2.24) is 10.2 Å². The van der Waals surface area contributed by atoms with Gasteiger partial charge in [0.05, 0.1) is 6.42 Å². The molecule has 0 aromatic carbocycles. The van der Waals surface area contributed by atoms with Gasteiger partial charge in [-0.25, -0.2) is 9.59 Å². The monoisotopic (exact) mass is 272 g/mol. The summed E-state index contributed by atoms with van der Waals surface area (Å²) < 4.78 is 0. The molecule has 0 aromatic rings. The van der Waals surface area contributed by atoms with Crippen molar-refractivity contribution in [2.45, 2.75) is 50.6 Å². The largest absolute Gasteiger partial charge is 0.481 e. The Morgan fingerprint density at radius 3 is 2.26 bits per heavy atom. The molecule has 0 saturated heterocycles. The molecular formula is C12H20N2O5. The molecule has 19 heavy (non-hydrogen) atoms. The third-order valence-electron chi connectivity index (χ3n) is 3.42. The molecule has 1 atom stereocenters. The summed E-state index contributed by atoms with van der Waals surface area (Å²) in [5.41, 5.74) is 0. The van der Waals surface area contributed by atoms with Crippen molar-refractivity contribution in [2.75, 3.05) is 7.05 Å². The third kappa shape index (κ3) is 4.76. The smallest absolute Gasteiger partial charge is 0.326 e. The van der Waals surface area contributed by atoms with E-state index in [1.165, 1.54) is 4.90 Å². The normalized spacial score (nSPS) is 17.5. The molecule has 7 heteroatoms. The fraction of sp³-hybridized carbons (Fsp3) is 0.750. The summed E-state index contributed by atoms with van der Waals surface area (Å²) in [6.07, 6.45) is 4.45. The lowest BCUT2D eigenvalue weighted by Crippen LogP contribution is -2.50. The molecule has 1 rings (SSSR count). The Kier molecular flexibility index (Phi) is 5.59. The number of hydrogen-bond donors (Lipinski definition) is 3. The van der Waals surface area contributed by atoms with Gasteiger partial charge in [0, 0.05) is 13.1 Å². The number of amides is 2. The molecule has 0 bridgehead atoms. The zero-order valence-corrected chi connectivity index (χ0v) is 11.0. The van der Waals surface area contributed by atoms with Crippen molar-refractivity contribution < 1.29 is 24.6 Å². The first-order valence-corrected chi connectivity index (χ1v) is 6.39. The first-order valence-electron chi connectivity index (χ1n) is 6.39. The number of carboxylic acids is 2. The molecule has 0 unspecified atom stereocenters. The first kappa shape index (κ1) is 15.3. The lowest BCUT2D eigenvalue weighted by molar-refractivity contribution is -0.145. The third-order valence-corrected chi connectivity index (χ3v) is 3.42. The fourth-order valence-electron chi connectivity index (χ4n) is 2.26. The molecule has 1 fully saturated rings. The predicted octanol–water partition coefficient (Wildman–Crippen LogP) is 0.888. The molecule has 1 saturated carbocycles. The number of urea groups is 1. The van der Waals surface area contributed by atoms with Gasteiger partial charge in [-0.2, -0.15) is 0 Å². The van der Waals surface area contributed by atoms with Gasteiger partial charge in [0.2, 0.25) is 0 Å². The van der Waals surface area contributed by atoms with Crippen LogP contribution >= 0.6 is 0 Å². The number of aliphatic carboxylic acids is 2. The molecule has 108 valence electrons. The van der Waals surface area contributed by atoms with E-state index in [0.717, 1.165) is 32.1 Å². The van der Waals surface area contributed by atoms with E-state index in [1.807, 2.05) is 0 Å². The molecular weight excluding hydrogens is 252 g/mol. The van der Waals surface area contributed by atoms with E-state index >= 15 is 0 Å². The zero-order valence-electron chi connectivity index (χ0n) is 11.0. The molecule has 7 nitrogen and oxygen atoms in total. The fourth-order valence-corrected chi connectivity index (χ4v) is 2.26. The Balaban J connectivity index is 2.55. The van der Waals surface area contributed by atoms with Crippen LogP contribution in [0.4, 0.5) is 4.79 Å². The highest BCUT2D eigenvalue weighted by Gasteiger charge is 2.27. The number of nitrogens with one attached hydrogen (secondary N) is 1. The van der Waals surface area contributed by atoms with Crippen LogP contribution in [0.25, 0.3) is 0 Å². The van der Waals surface area contributed by atoms with Crippen molar-refractivity contribution in [2.24, 2.45) is 0 Å². The Hall–Kier alpha value is -1.79. The number of hydrogen-bond acceptors (Lipinski definition) is 3. The number of rotatable bonds is 5. The Bertz CT molecular complexity index is 352. The number of carboxylic acid groups (broad SMARTS) is 2. The lowest BCUT2D eigenvalue weighted by Gasteiger charge is -2.31. The zero-order chi connectivity index (χ0) is 14.4. The molecule has 0 spiro atoms. The summed E-state index contributed by atoms with van der Waals surface area (Å²) in [5, 5.41) is 19.7. The maximum Gasteiger partial charge on any atom is 0.326 e. The van der Waals surface area contributed by atoms with Crippen molar-refractivity contribution >= 4 is 18.0 Å². The SMILES string of the molecule is CN(C(=O)N[C@@H](CC(=O)O)C(=O)O)C1CCCCC1. The van der Waals surface area contributed by atoms with Crippen LogP contribution in [-0.4, -0.2) is 52.2 Å². The van der Waals surface area contributed by atoms with Crippen molar-refractivity contribution in [3.63, 3.8) is 0 Å². The van der Waals surface area contributed by atoms with Gasteiger partial charge in [-0.1, -0.05) is 19.3 Å². The van der Waals surface area contributed by atoms with Crippen molar-refractivity contribution in [1.29, 1.82) is 0 Å². The molecule has 0 aliphatic heterocycles. The van der Waals surface area contributed by atoms with Crippen LogP contribution in [0.15, 0.2) is 0 Å². The summed E-state index contributed by atoms with van der Waals surface area (Å²) in [4.78, 5) is 34.8. The van der Waals surface area contributed by atoms with Gasteiger partial charge < -0.3 is 20.4 Å². The summed E-state index contributed by atoms with van der Waals surface area (Å²) >= 11 is 0. The standard InChI is InChI=1S/C12H20N2O5/c1-14(8-5-3-2-4-6-8)12(19)13-9(11(17)18)7-10(15)16/h8-9H,2-7H2,1H3,(H,13,19)(H,15,16)(H,17,18)/t9-/m0/s1. The number of carbonyl (C=O) groups is 3. The van der Waals surface area contributed by atoms with Gasteiger partial charge in [-0.05, 0) is 12.8 Å². The highest BCUT2D eigenvalue weighted by molar-refractivity contribution is 5.86. The molecule has 1 aliphatic rings. The second-order valence-corrected chi connectivity index (χ2v) is 4.84. The van der Waals surface area contributed by atoms with Crippen LogP contribution in [0.2, 0.25) is 0 Å². The quantitative estimate of drug-likeness (QED) is 0.689. The summed E-state index contributed by atoms with van der Waals surface area (Å²) in [6.45, 7) is 0. The topological polar surface area (TPSA) is 107 Å². The number of nitrogens with zero attached hydrogens (tertiary/aromatic N) is 1. The maximum atomic E-state index is 11.9. The maximum absolute atomic E-state index is 11.9. The van der Waals surface area contributed by atoms with E-state index in [2.05, 4.69) is 5.32 Å². The summed E-state index contributed by atoms with van der Waals surface area (Å²) in [6, 6.07) is -1.82. The minimum atomic E-state index is -1.39. The van der Waals surface area contributed by atoms with Crippen LogP contribution in [0.3, 0.4) is 0 Å². The summed E-state index contributed by atoms with van der Waals surface area (Å²) in [7, 11) is 1.62. The molecule has 1 aliphatic carbocycles. The predicted molar refractivity (Wildman–Crippen MR) is 66.8 cm³/mol. The van der Waals surface area contributed by atoms with Gasteiger partial charge in [0.25, 0.3) is 0 Å². The first-order chi connectivity index (χ1) is 8.91. The van der Waals surface area contributed by atoms with Crippen molar-refractivity contribution in [3.05, 3.63) is 0 Å². The highest BCUT2D eigenvalue weighted by Crippen LogP contribution is 2.21. The van der Waals surface area contributed by atoms with E-state index in [-0.39, 0.29) is 6.04 Å². The van der Waals surface area contributed by atoms with Crippen LogP contribution in [0.1, 0.15) is 38.5 Å². The van der Waals surface area contributed by atoms with Crippen LogP contribution in [-0.2, 0) is 9.59 Å². The molecule has 0 aromatic heterocycles. The second kappa shape index (κ2) is 6.96. The van der Waals surface area contributed by atoms with E-state index < -0.39 is 30.4 Å². The minimum absolute atomic E-state index is 0.105. The van der Waals surface area contributed by atoms with Gasteiger partial charge in [-0.3, -0.25) is 4.79 Å². The van der Waals surface area contributed by atoms with E-state index in [1.54, 1.807) is 7.05 Å². The van der Waals surface area contributed by atoms with E-state index in [4.69, 9.17) is 10.2 Å². The summed E-state index contributed by atoms with van der Waals surface area (Å²) in [5.74, 6) is -2.60. The molecule has 2 amide bonds.